The van der Waals surface area contributed by atoms with Crippen LogP contribution in [0.25, 0.3) is 0 Å². The third-order valence-electron chi connectivity index (χ3n) is 1.07. The molecule has 0 bridgehead atoms. The molecule has 0 aliphatic heterocycles. The average Bonchev–Trinajstić information content (AvgIpc) is 2.13. The van der Waals surface area contributed by atoms with E-state index in [1.807, 2.05) is 0 Å². The Bertz CT molecular complexity index is 247. The molecule has 3 nitrogen and oxygen atoms in total. The Kier molecular flexibility index (Phi) is 1.72. The van der Waals surface area contributed by atoms with E-state index in [4.69, 9.17) is 5.11 Å². The van der Waals surface area contributed by atoms with Crippen molar-refractivity contribution < 1.29 is 9.90 Å². The molecule has 0 aliphatic carbocycles. The van der Waals surface area contributed by atoms with E-state index >= 15 is 0 Å². The van der Waals surface area contributed by atoms with Gasteiger partial charge in [0.2, 0.25) is 5.88 Å². The number of aromatic hydroxyl groups is 1. The molecule has 0 amide bonds. The number of thiazole rings is 1. The SMILES string of the molecule is CC(=O)c1nc(O)c(C)s1. The molecule has 1 rings (SSSR count). The van der Waals surface area contributed by atoms with E-state index < -0.39 is 0 Å². The van der Waals surface area contributed by atoms with Crippen LogP contribution in [-0.4, -0.2) is 15.9 Å². The van der Waals surface area contributed by atoms with Crippen LogP contribution in [0.3, 0.4) is 0 Å². The van der Waals surface area contributed by atoms with Gasteiger partial charge in [0.05, 0.1) is 4.88 Å². The van der Waals surface area contributed by atoms with Crippen LogP contribution in [0.5, 0.6) is 5.88 Å². The first kappa shape index (κ1) is 7.21. The first-order valence-corrected chi connectivity index (χ1v) is 3.60. The summed E-state index contributed by atoms with van der Waals surface area (Å²) in [7, 11) is 0. The van der Waals surface area contributed by atoms with Gasteiger partial charge in [-0.1, -0.05) is 0 Å². The Morgan fingerprint density at radius 3 is 2.50 bits per heavy atom. The van der Waals surface area contributed by atoms with Crippen molar-refractivity contribution in [1.29, 1.82) is 0 Å². The van der Waals surface area contributed by atoms with Crippen LogP contribution in [0.4, 0.5) is 0 Å². The molecule has 0 aliphatic rings. The van der Waals surface area contributed by atoms with E-state index in [0.717, 1.165) is 0 Å². The quantitative estimate of drug-likeness (QED) is 0.626. The molecule has 0 saturated heterocycles. The van der Waals surface area contributed by atoms with Gasteiger partial charge in [0.1, 0.15) is 0 Å². The molecule has 0 fully saturated rings. The molecule has 1 heterocycles. The van der Waals surface area contributed by atoms with Gasteiger partial charge in [0, 0.05) is 6.92 Å². The summed E-state index contributed by atoms with van der Waals surface area (Å²) in [6, 6.07) is 0. The van der Waals surface area contributed by atoms with E-state index in [-0.39, 0.29) is 11.7 Å². The molecule has 54 valence electrons. The number of carbonyl (C=O) groups is 1. The van der Waals surface area contributed by atoms with Crippen molar-refractivity contribution in [3.8, 4) is 5.88 Å². The highest BCUT2D eigenvalue weighted by Gasteiger charge is 2.08. The lowest BCUT2D eigenvalue weighted by Crippen LogP contribution is -1.87. The standard InChI is InChI=1S/C6H7NO2S/c1-3(8)6-7-5(9)4(2)10-6/h9H,1-2H3. The fourth-order valence-corrected chi connectivity index (χ4v) is 1.24. The maximum atomic E-state index is 10.6. The van der Waals surface area contributed by atoms with Crippen molar-refractivity contribution >= 4 is 17.1 Å². The predicted octanol–water partition coefficient (Wildman–Crippen LogP) is 1.36. The summed E-state index contributed by atoms with van der Waals surface area (Å²) in [6.45, 7) is 3.15. The van der Waals surface area contributed by atoms with Crippen molar-refractivity contribution in [2.75, 3.05) is 0 Å². The van der Waals surface area contributed by atoms with Gasteiger partial charge in [0.15, 0.2) is 10.8 Å². The molecule has 1 aromatic heterocycles. The lowest BCUT2D eigenvalue weighted by atomic mass is 10.5. The second-order valence-electron chi connectivity index (χ2n) is 1.95. The van der Waals surface area contributed by atoms with Crippen molar-refractivity contribution in [3.63, 3.8) is 0 Å². The Morgan fingerprint density at radius 2 is 2.30 bits per heavy atom. The summed E-state index contributed by atoms with van der Waals surface area (Å²) in [5, 5.41) is 9.31. The predicted molar refractivity (Wildman–Crippen MR) is 38.5 cm³/mol. The van der Waals surface area contributed by atoms with Crippen molar-refractivity contribution in [2.45, 2.75) is 13.8 Å². The van der Waals surface area contributed by atoms with Crippen LogP contribution < -0.4 is 0 Å². The van der Waals surface area contributed by atoms with Crippen LogP contribution in [0.15, 0.2) is 0 Å². The first-order valence-electron chi connectivity index (χ1n) is 2.78. The fraction of sp³-hybridized carbons (Fsp3) is 0.333. The number of hydrogen-bond donors (Lipinski definition) is 1. The number of carbonyl (C=O) groups excluding carboxylic acids is 1. The van der Waals surface area contributed by atoms with Crippen LogP contribution in [0.2, 0.25) is 0 Å². The molecule has 10 heavy (non-hydrogen) atoms. The van der Waals surface area contributed by atoms with Crippen molar-refractivity contribution in [3.05, 3.63) is 9.88 Å². The molecule has 1 aromatic rings. The van der Waals surface area contributed by atoms with E-state index in [1.54, 1.807) is 6.92 Å². The van der Waals surface area contributed by atoms with Gasteiger partial charge in [-0.05, 0) is 6.92 Å². The first-order chi connectivity index (χ1) is 4.61. The van der Waals surface area contributed by atoms with Crippen molar-refractivity contribution in [1.82, 2.24) is 4.98 Å². The van der Waals surface area contributed by atoms with Gasteiger partial charge in [-0.3, -0.25) is 4.79 Å². The molecule has 0 saturated carbocycles. The molecule has 1 N–H and O–H groups in total. The average molecular weight is 157 g/mol. The van der Waals surface area contributed by atoms with Gasteiger partial charge in [-0.15, -0.1) is 11.3 Å². The second-order valence-corrected chi connectivity index (χ2v) is 3.16. The Morgan fingerprint density at radius 1 is 1.70 bits per heavy atom. The highest BCUT2D eigenvalue weighted by Crippen LogP contribution is 2.22. The number of Topliss-reactive ketones (excluding diaryl/α,β-unsaturated/α-hetero) is 1. The third-order valence-corrected chi connectivity index (χ3v) is 2.13. The summed E-state index contributed by atoms with van der Waals surface area (Å²) in [5.74, 6) is -0.136. The zero-order valence-corrected chi connectivity index (χ0v) is 6.53. The van der Waals surface area contributed by atoms with Gasteiger partial charge in [0.25, 0.3) is 0 Å². The molecular weight excluding hydrogens is 150 g/mol. The highest BCUT2D eigenvalue weighted by atomic mass is 32.1. The van der Waals surface area contributed by atoms with E-state index in [9.17, 15) is 4.79 Å². The van der Waals surface area contributed by atoms with Gasteiger partial charge < -0.3 is 5.11 Å². The lowest BCUT2D eigenvalue weighted by Gasteiger charge is -1.79. The van der Waals surface area contributed by atoms with Gasteiger partial charge in [-0.25, -0.2) is 0 Å². The summed E-state index contributed by atoms with van der Waals surface area (Å²) in [5.41, 5.74) is 0. The monoisotopic (exact) mass is 157 g/mol. The number of aryl methyl sites for hydroxylation is 1. The van der Waals surface area contributed by atoms with E-state index in [2.05, 4.69) is 4.98 Å². The second kappa shape index (κ2) is 2.38. The van der Waals surface area contributed by atoms with E-state index in [1.165, 1.54) is 18.3 Å². The summed E-state index contributed by atoms with van der Waals surface area (Å²) in [6.07, 6.45) is 0. The molecule has 0 aromatic carbocycles. The number of hydrogen-bond acceptors (Lipinski definition) is 4. The number of ketones is 1. The van der Waals surface area contributed by atoms with E-state index in [0.29, 0.717) is 9.88 Å². The van der Waals surface area contributed by atoms with Crippen LogP contribution >= 0.6 is 11.3 Å². The maximum absolute atomic E-state index is 10.6. The molecule has 0 spiro atoms. The Hall–Kier alpha value is -0.900. The minimum atomic E-state index is -0.103. The molecule has 0 atom stereocenters. The number of rotatable bonds is 1. The van der Waals surface area contributed by atoms with Crippen molar-refractivity contribution in [2.24, 2.45) is 0 Å². The minimum absolute atomic E-state index is 0.0322. The van der Waals surface area contributed by atoms with Crippen LogP contribution in [0.1, 0.15) is 21.6 Å². The smallest absolute Gasteiger partial charge is 0.225 e. The summed E-state index contributed by atoms with van der Waals surface area (Å²) < 4.78 is 0. The van der Waals surface area contributed by atoms with Crippen LogP contribution in [-0.2, 0) is 0 Å². The Balaban J connectivity index is 3.10. The minimum Gasteiger partial charge on any atom is -0.492 e. The summed E-state index contributed by atoms with van der Waals surface area (Å²) in [4.78, 5) is 15.0. The number of aromatic nitrogens is 1. The maximum Gasteiger partial charge on any atom is 0.225 e. The molecule has 0 unspecified atom stereocenters. The van der Waals surface area contributed by atoms with Gasteiger partial charge >= 0.3 is 0 Å². The third kappa shape index (κ3) is 1.16. The Labute approximate surface area is 62.3 Å². The molecule has 0 radical (unpaired) electrons. The number of nitrogens with zero attached hydrogens (tertiary/aromatic N) is 1. The zero-order valence-electron chi connectivity index (χ0n) is 5.71. The normalized spacial score (nSPS) is 9.80. The zero-order chi connectivity index (χ0) is 7.72. The topological polar surface area (TPSA) is 50.2 Å². The lowest BCUT2D eigenvalue weighted by molar-refractivity contribution is 0.101. The van der Waals surface area contributed by atoms with Gasteiger partial charge in [-0.2, -0.15) is 4.98 Å². The summed E-state index contributed by atoms with van der Waals surface area (Å²) >= 11 is 1.21. The van der Waals surface area contributed by atoms with Crippen LogP contribution in [0, 0.1) is 6.92 Å². The fourth-order valence-electron chi connectivity index (χ4n) is 0.539. The largest absolute Gasteiger partial charge is 0.492 e. The molecular formula is C6H7NO2S. The molecule has 4 heteroatoms. The highest BCUT2D eigenvalue weighted by molar-refractivity contribution is 7.13.